The number of nitrogens with one attached hydrogen (secondary N) is 1. The molecule has 0 saturated heterocycles. The lowest BCUT2D eigenvalue weighted by molar-refractivity contribution is 0.0322. The number of halogens is 1. The van der Waals surface area contributed by atoms with Crippen LogP contribution >= 0.6 is 27.3 Å². The first-order valence-electron chi connectivity index (χ1n) is 6.32. The molecule has 1 rings (SSSR count). The van der Waals surface area contributed by atoms with Gasteiger partial charge in [0.25, 0.3) is 0 Å². The Bertz CT molecular complexity index is 316. The molecular formula is C13H22BrNOS. The minimum atomic E-state index is 0.251. The summed E-state index contributed by atoms with van der Waals surface area (Å²) >= 11 is 5.41. The van der Waals surface area contributed by atoms with E-state index in [0.29, 0.717) is 6.04 Å². The summed E-state index contributed by atoms with van der Waals surface area (Å²) in [6.07, 6.45) is 2.42. The van der Waals surface area contributed by atoms with Crippen molar-refractivity contribution in [2.75, 3.05) is 13.2 Å². The Hall–Kier alpha value is 0.1000. The van der Waals surface area contributed by atoms with Crippen molar-refractivity contribution in [3.63, 3.8) is 0 Å². The van der Waals surface area contributed by atoms with Gasteiger partial charge in [0.05, 0.1) is 12.1 Å². The maximum Gasteiger partial charge on any atom is 0.0775 e. The molecule has 0 aliphatic rings. The van der Waals surface area contributed by atoms with Gasteiger partial charge in [-0.1, -0.05) is 13.8 Å². The molecule has 0 fully saturated rings. The van der Waals surface area contributed by atoms with Gasteiger partial charge >= 0.3 is 0 Å². The van der Waals surface area contributed by atoms with Crippen LogP contribution in [-0.2, 0) is 4.74 Å². The molecule has 0 amide bonds. The third-order valence-electron chi connectivity index (χ3n) is 2.70. The highest BCUT2D eigenvalue weighted by Gasteiger charge is 2.24. The molecule has 0 radical (unpaired) electrons. The van der Waals surface area contributed by atoms with E-state index in [9.17, 15) is 0 Å². The first-order valence-corrected chi connectivity index (χ1v) is 7.99. The minimum Gasteiger partial charge on any atom is -0.377 e. The second-order valence-corrected chi connectivity index (χ2v) is 5.77. The van der Waals surface area contributed by atoms with E-state index in [2.05, 4.69) is 53.5 Å². The van der Waals surface area contributed by atoms with Gasteiger partial charge in [-0.15, -0.1) is 11.3 Å². The molecular weight excluding hydrogens is 298 g/mol. The smallest absolute Gasteiger partial charge is 0.0775 e. The van der Waals surface area contributed by atoms with Crippen molar-refractivity contribution in [2.45, 2.75) is 45.8 Å². The van der Waals surface area contributed by atoms with Gasteiger partial charge in [0.15, 0.2) is 0 Å². The highest BCUT2D eigenvalue weighted by molar-refractivity contribution is 9.10. The summed E-state index contributed by atoms with van der Waals surface area (Å²) in [6, 6.07) is 2.41. The monoisotopic (exact) mass is 319 g/mol. The van der Waals surface area contributed by atoms with Crippen LogP contribution in [0.4, 0.5) is 0 Å². The Morgan fingerprint density at radius 2 is 2.18 bits per heavy atom. The number of thiophene rings is 1. The molecule has 0 spiro atoms. The van der Waals surface area contributed by atoms with Crippen LogP contribution in [-0.4, -0.2) is 19.3 Å². The Labute approximate surface area is 117 Å². The number of ether oxygens (including phenoxy) is 1. The molecule has 0 aliphatic heterocycles. The summed E-state index contributed by atoms with van der Waals surface area (Å²) in [6.45, 7) is 8.23. The van der Waals surface area contributed by atoms with Gasteiger partial charge in [0, 0.05) is 16.0 Å². The van der Waals surface area contributed by atoms with E-state index < -0.39 is 0 Å². The highest BCUT2D eigenvalue weighted by atomic mass is 79.9. The summed E-state index contributed by atoms with van der Waals surface area (Å²) in [5.74, 6) is 0. The summed E-state index contributed by atoms with van der Waals surface area (Å²) in [5.41, 5.74) is 0. The third kappa shape index (κ3) is 4.36. The fraction of sp³-hybridized carbons (Fsp3) is 0.692. The quantitative estimate of drug-likeness (QED) is 0.768. The summed E-state index contributed by atoms with van der Waals surface area (Å²) in [5, 5.41) is 5.73. The van der Waals surface area contributed by atoms with Crippen LogP contribution in [0.1, 0.15) is 44.5 Å². The van der Waals surface area contributed by atoms with Crippen LogP contribution in [0, 0.1) is 0 Å². The molecule has 17 heavy (non-hydrogen) atoms. The molecule has 1 aromatic rings. The summed E-state index contributed by atoms with van der Waals surface area (Å²) < 4.78 is 7.04. The van der Waals surface area contributed by atoms with Crippen molar-refractivity contribution in [1.29, 1.82) is 0 Å². The molecule has 98 valence electrons. The topological polar surface area (TPSA) is 21.3 Å². The fourth-order valence-corrected chi connectivity index (χ4v) is 3.63. The Balaban J connectivity index is 2.82. The average Bonchev–Trinajstić information content (AvgIpc) is 2.75. The molecule has 1 heterocycles. The van der Waals surface area contributed by atoms with Gasteiger partial charge < -0.3 is 10.1 Å². The lowest BCUT2D eigenvalue weighted by Crippen LogP contribution is -2.33. The van der Waals surface area contributed by atoms with E-state index >= 15 is 0 Å². The molecule has 2 atom stereocenters. The molecule has 1 aromatic heterocycles. The summed E-state index contributed by atoms with van der Waals surface area (Å²) in [4.78, 5) is 1.35. The van der Waals surface area contributed by atoms with Gasteiger partial charge in [-0.25, -0.2) is 0 Å². The average molecular weight is 320 g/mol. The van der Waals surface area contributed by atoms with Crippen molar-refractivity contribution in [3.05, 3.63) is 20.8 Å². The molecule has 4 heteroatoms. The van der Waals surface area contributed by atoms with E-state index in [4.69, 9.17) is 4.74 Å². The molecule has 2 unspecified atom stereocenters. The van der Waals surface area contributed by atoms with Crippen LogP contribution in [0.2, 0.25) is 0 Å². The number of hydrogen-bond donors (Lipinski definition) is 1. The second-order valence-electron chi connectivity index (χ2n) is 3.97. The van der Waals surface area contributed by atoms with E-state index in [1.165, 1.54) is 9.35 Å². The molecule has 0 aromatic carbocycles. The minimum absolute atomic E-state index is 0.251. The number of hydrogen-bond acceptors (Lipinski definition) is 3. The predicted molar refractivity (Wildman–Crippen MR) is 78.8 cm³/mol. The first-order chi connectivity index (χ1) is 8.24. The maximum absolute atomic E-state index is 5.85. The SMILES string of the molecule is CCCNC(c1sccc1Br)C(CC)OCC. The summed E-state index contributed by atoms with van der Waals surface area (Å²) in [7, 11) is 0. The van der Waals surface area contributed by atoms with Gasteiger partial charge in [-0.05, 0) is 53.7 Å². The lowest BCUT2D eigenvalue weighted by atomic mass is 10.1. The third-order valence-corrected chi connectivity index (χ3v) is 4.65. The molecule has 0 bridgehead atoms. The largest absolute Gasteiger partial charge is 0.377 e. The van der Waals surface area contributed by atoms with Crippen LogP contribution in [0.3, 0.4) is 0 Å². The van der Waals surface area contributed by atoms with E-state index in [1.54, 1.807) is 11.3 Å². The van der Waals surface area contributed by atoms with Crippen molar-refractivity contribution in [1.82, 2.24) is 5.32 Å². The molecule has 1 N–H and O–H groups in total. The predicted octanol–water partition coefficient (Wildman–Crippen LogP) is 4.37. The molecule has 0 aliphatic carbocycles. The zero-order chi connectivity index (χ0) is 12.7. The zero-order valence-corrected chi connectivity index (χ0v) is 13.2. The van der Waals surface area contributed by atoms with Crippen LogP contribution in [0.15, 0.2) is 15.9 Å². The van der Waals surface area contributed by atoms with Crippen molar-refractivity contribution < 1.29 is 4.74 Å². The second kappa shape index (κ2) is 8.25. The standard InChI is InChI=1S/C13H22BrNOS/c1-4-8-15-12(11(5-2)16-6-3)13-10(14)7-9-17-13/h7,9,11-12,15H,4-6,8H2,1-3H3. The van der Waals surface area contributed by atoms with Crippen molar-refractivity contribution in [3.8, 4) is 0 Å². The van der Waals surface area contributed by atoms with Crippen LogP contribution in [0.25, 0.3) is 0 Å². The highest BCUT2D eigenvalue weighted by Crippen LogP contribution is 2.32. The Morgan fingerprint density at radius 3 is 2.65 bits per heavy atom. The Morgan fingerprint density at radius 1 is 1.41 bits per heavy atom. The van der Waals surface area contributed by atoms with Crippen molar-refractivity contribution in [2.24, 2.45) is 0 Å². The normalized spacial score (nSPS) is 14.8. The fourth-order valence-electron chi connectivity index (χ4n) is 1.88. The van der Waals surface area contributed by atoms with Gasteiger partial charge in [0.1, 0.15) is 0 Å². The molecule has 0 saturated carbocycles. The lowest BCUT2D eigenvalue weighted by Gasteiger charge is -2.26. The van der Waals surface area contributed by atoms with E-state index in [0.717, 1.165) is 26.0 Å². The number of rotatable bonds is 8. The van der Waals surface area contributed by atoms with E-state index in [-0.39, 0.29) is 6.10 Å². The van der Waals surface area contributed by atoms with Gasteiger partial charge in [0.2, 0.25) is 0 Å². The van der Waals surface area contributed by atoms with Gasteiger partial charge in [-0.3, -0.25) is 0 Å². The Kier molecular flexibility index (Phi) is 7.35. The zero-order valence-electron chi connectivity index (χ0n) is 10.8. The first kappa shape index (κ1) is 15.2. The van der Waals surface area contributed by atoms with E-state index in [1.807, 2.05) is 0 Å². The van der Waals surface area contributed by atoms with Gasteiger partial charge in [-0.2, -0.15) is 0 Å². The van der Waals surface area contributed by atoms with Crippen molar-refractivity contribution >= 4 is 27.3 Å². The van der Waals surface area contributed by atoms with Crippen LogP contribution < -0.4 is 5.32 Å². The maximum atomic E-state index is 5.85. The van der Waals surface area contributed by atoms with Crippen LogP contribution in [0.5, 0.6) is 0 Å². The molecule has 2 nitrogen and oxygen atoms in total.